The average Bonchev–Trinajstić information content (AvgIpc) is 2.73. The van der Waals surface area contributed by atoms with Crippen LogP contribution < -0.4 is 10.5 Å². The van der Waals surface area contributed by atoms with Crippen molar-refractivity contribution in [3.63, 3.8) is 0 Å². The molecule has 1 aliphatic heterocycles. The summed E-state index contributed by atoms with van der Waals surface area (Å²) < 4.78 is 32.8. The minimum atomic E-state index is -3.78. The van der Waals surface area contributed by atoms with Crippen LogP contribution >= 0.6 is 31.9 Å². The van der Waals surface area contributed by atoms with Crippen molar-refractivity contribution in [1.82, 2.24) is 4.72 Å². The van der Waals surface area contributed by atoms with E-state index in [2.05, 4.69) is 36.6 Å². The number of hydrogen-bond donors (Lipinski definition) is 3. The summed E-state index contributed by atoms with van der Waals surface area (Å²) in [5.41, 5.74) is 4.92. The molecule has 0 amide bonds. The van der Waals surface area contributed by atoms with Crippen molar-refractivity contribution in [3.8, 4) is 0 Å². The first-order valence-electron chi connectivity index (χ1n) is 5.78. The number of halogens is 2. The number of rotatable bonds is 4. The molecule has 1 atom stereocenters. The largest absolute Gasteiger partial charge is 0.399 e. The van der Waals surface area contributed by atoms with Crippen molar-refractivity contribution in [2.75, 3.05) is 25.5 Å². The van der Waals surface area contributed by atoms with E-state index in [-0.39, 0.29) is 18.0 Å². The molecule has 4 N–H and O–H groups in total. The zero-order chi connectivity index (χ0) is 15.0. The van der Waals surface area contributed by atoms with Crippen LogP contribution in [0.4, 0.5) is 5.69 Å². The van der Waals surface area contributed by atoms with Gasteiger partial charge in [0.15, 0.2) is 0 Å². The smallest absolute Gasteiger partial charge is 0.242 e. The summed E-state index contributed by atoms with van der Waals surface area (Å²) in [6.07, 6.45) is 0.402. The Morgan fingerprint density at radius 3 is 2.50 bits per heavy atom. The molecule has 20 heavy (non-hydrogen) atoms. The number of benzene rings is 1. The van der Waals surface area contributed by atoms with Crippen molar-refractivity contribution >= 4 is 47.6 Å². The molecule has 2 rings (SSSR count). The van der Waals surface area contributed by atoms with Gasteiger partial charge in [-0.25, -0.2) is 13.1 Å². The third-order valence-corrected chi connectivity index (χ3v) is 6.24. The van der Waals surface area contributed by atoms with E-state index in [1.165, 1.54) is 12.1 Å². The lowest BCUT2D eigenvalue weighted by Crippen LogP contribution is -2.43. The molecule has 0 radical (unpaired) electrons. The minimum absolute atomic E-state index is 0.0502. The Morgan fingerprint density at radius 2 is 2.00 bits per heavy atom. The number of aliphatic hydroxyl groups is 1. The van der Waals surface area contributed by atoms with Crippen molar-refractivity contribution in [2.45, 2.75) is 16.9 Å². The molecule has 6 nitrogen and oxygen atoms in total. The first kappa shape index (κ1) is 16.2. The normalized spacial score (nSPS) is 23.1. The molecule has 0 bridgehead atoms. The maximum Gasteiger partial charge on any atom is 0.242 e. The average molecular weight is 430 g/mol. The highest BCUT2D eigenvalue weighted by molar-refractivity contribution is 9.11. The SMILES string of the molecule is Nc1cc(Br)c(S(=O)(=O)NCC2(O)CCOC2)c(Br)c1. The molecular weight excluding hydrogens is 416 g/mol. The second kappa shape index (κ2) is 5.90. The van der Waals surface area contributed by atoms with Crippen LogP contribution in [0.5, 0.6) is 0 Å². The molecular formula is C11H14Br2N2O4S. The molecule has 1 heterocycles. The molecule has 0 spiro atoms. The summed E-state index contributed by atoms with van der Waals surface area (Å²) in [5.74, 6) is 0. The molecule has 1 unspecified atom stereocenters. The van der Waals surface area contributed by atoms with E-state index in [4.69, 9.17) is 10.5 Å². The zero-order valence-electron chi connectivity index (χ0n) is 10.4. The summed E-state index contributed by atoms with van der Waals surface area (Å²) in [5, 5.41) is 10.1. The van der Waals surface area contributed by atoms with Crippen molar-refractivity contribution in [3.05, 3.63) is 21.1 Å². The molecule has 112 valence electrons. The second-order valence-corrected chi connectivity index (χ2v) is 8.08. The van der Waals surface area contributed by atoms with E-state index in [1.807, 2.05) is 0 Å². The van der Waals surface area contributed by atoms with Gasteiger partial charge in [-0.1, -0.05) is 0 Å². The van der Waals surface area contributed by atoms with Gasteiger partial charge in [0.25, 0.3) is 0 Å². The lowest BCUT2D eigenvalue weighted by Gasteiger charge is -2.21. The Kier molecular flexibility index (Phi) is 4.77. The Hall–Kier alpha value is -0.190. The Bertz CT molecular complexity index is 592. The number of sulfonamides is 1. The van der Waals surface area contributed by atoms with Crippen LogP contribution in [0, 0.1) is 0 Å². The number of ether oxygens (including phenoxy) is 1. The van der Waals surface area contributed by atoms with Crippen LogP contribution in [0.2, 0.25) is 0 Å². The van der Waals surface area contributed by atoms with Crippen LogP contribution in [0.3, 0.4) is 0 Å². The highest BCUT2D eigenvalue weighted by atomic mass is 79.9. The quantitative estimate of drug-likeness (QED) is 0.624. The summed E-state index contributed by atoms with van der Waals surface area (Å²) in [7, 11) is -3.78. The number of nitrogen functional groups attached to an aromatic ring is 1. The standard InChI is InChI=1S/C11H14Br2N2O4S/c12-8-3-7(14)4-9(13)10(8)20(17,18)15-5-11(16)1-2-19-6-11/h3-4,15-16H,1-2,5-6,14H2. The van der Waals surface area contributed by atoms with Crippen LogP contribution in [0.25, 0.3) is 0 Å². The monoisotopic (exact) mass is 428 g/mol. The lowest BCUT2D eigenvalue weighted by molar-refractivity contribution is 0.0314. The maximum absolute atomic E-state index is 12.3. The predicted octanol–water partition coefficient (Wildman–Crippen LogP) is 1.22. The van der Waals surface area contributed by atoms with Gasteiger partial charge in [0.1, 0.15) is 10.5 Å². The number of nitrogens with one attached hydrogen (secondary N) is 1. The fourth-order valence-electron chi connectivity index (χ4n) is 1.87. The van der Waals surface area contributed by atoms with Crippen LogP contribution in [0.15, 0.2) is 26.0 Å². The van der Waals surface area contributed by atoms with E-state index in [9.17, 15) is 13.5 Å². The summed E-state index contributed by atoms with van der Waals surface area (Å²) in [6.45, 7) is 0.450. The van der Waals surface area contributed by atoms with E-state index < -0.39 is 15.6 Å². The van der Waals surface area contributed by atoms with E-state index in [0.29, 0.717) is 27.7 Å². The van der Waals surface area contributed by atoms with Gasteiger partial charge in [-0.15, -0.1) is 0 Å². The van der Waals surface area contributed by atoms with Gasteiger partial charge in [-0.05, 0) is 44.0 Å². The Labute approximate surface area is 134 Å². The summed E-state index contributed by atoms with van der Waals surface area (Å²) in [4.78, 5) is 0.0502. The lowest BCUT2D eigenvalue weighted by atomic mass is 10.1. The molecule has 0 aromatic heterocycles. The molecule has 0 saturated carbocycles. The van der Waals surface area contributed by atoms with Crippen LogP contribution in [0.1, 0.15) is 6.42 Å². The van der Waals surface area contributed by atoms with Gasteiger partial charge in [0.2, 0.25) is 10.0 Å². The first-order chi connectivity index (χ1) is 9.23. The highest BCUT2D eigenvalue weighted by Crippen LogP contribution is 2.32. The van der Waals surface area contributed by atoms with Gasteiger partial charge in [-0.2, -0.15) is 0 Å². The molecule has 9 heteroatoms. The number of hydrogen-bond acceptors (Lipinski definition) is 5. The molecule has 1 aromatic carbocycles. The van der Waals surface area contributed by atoms with Gasteiger partial charge < -0.3 is 15.6 Å². The summed E-state index contributed by atoms with van der Waals surface area (Å²) >= 11 is 6.37. The van der Waals surface area contributed by atoms with Crippen molar-refractivity contribution in [1.29, 1.82) is 0 Å². The Balaban J connectivity index is 2.23. The van der Waals surface area contributed by atoms with Gasteiger partial charge in [0.05, 0.1) is 6.61 Å². The third-order valence-electron chi connectivity index (χ3n) is 2.96. The fourth-order valence-corrected chi connectivity index (χ4v) is 5.61. The van der Waals surface area contributed by atoms with Crippen LogP contribution in [-0.4, -0.2) is 38.9 Å². The van der Waals surface area contributed by atoms with E-state index in [1.54, 1.807) is 0 Å². The topological polar surface area (TPSA) is 102 Å². The predicted molar refractivity (Wildman–Crippen MR) is 81.8 cm³/mol. The second-order valence-electron chi connectivity index (χ2n) is 4.67. The van der Waals surface area contributed by atoms with Crippen LogP contribution in [-0.2, 0) is 14.8 Å². The molecule has 1 aromatic rings. The number of nitrogens with two attached hydrogens (primary N) is 1. The Morgan fingerprint density at radius 1 is 1.40 bits per heavy atom. The van der Waals surface area contributed by atoms with Crippen molar-refractivity contribution < 1.29 is 18.3 Å². The first-order valence-corrected chi connectivity index (χ1v) is 8.85. The highest BCUT2D eigenvalue weighted by Gasteiger charge is 2.34. The number of anilines is 1. The molecule has 1 saturated heterocycles. The van der Waals surface area contributed by atoms with Gasteiger partial charge in [-0.3, -0.25) is 0 Å². The van der Waals surface area contributed by atoms with Crippen molar-refractivity contribution in [2.24, 2.45) is 0 Å². The van der Waals surface area contributed by atoms with E-state index in [0.717, 1.165) is 0 Å². The zero-order valence-corrected chi connectivity index (χ0v) is 14.4. The summed E-state index contributed by atoms with van der Waals surface area (Å²) in [6, 6.07) is 3.01. The fraction of sp³-hybridized carbons (Fsp3) is 0.455. The molecule has 1 fully saturated rings. The molecule has 1 aliphatic rings. The maximum atomic E-state index is 12.3. The van der Waals surface area contributed by atoms with Gasteiger partial charge >= 0.3 is 0 Å². The van der Waals surface area contributed by atoms with Gasteiger partial charge in [0, 0.05) is 34.2 Å². The van der Waals surface area contributed by atoms with E-state index >= 15 is 0 Å². The third kappa shape index (κ3) is 3.52. The minimum Gasteiger partial charge on any atom is -0.399 e. The molecule has 0 aliphatic carbocycles.